The predicted octanol–water partition coefficient (Wildman–Crippen LogP) is 5.61. The van der Waals surface area contributed by atoms with Gasteiger partial charge in [0.1, 0.15) is 0 Å². The second-order valence-corrected chi connectivity index (χ2v) is 14.4. The molecule has 2 amide bonds. The molecule has 0 bridgehead atoms. The number of fused-ring (bicyclic) bond motifs is 2. The van der Waals surface area contributed by atoms with Gasteiger partial charge in [-0.2, -0.15) is 0 Å². The molecule has 2 aromatic carbocycles. The summed E-state index contributed by atoms with van der Waals surface area (Å²) in [6, 6.07) is 13.2. The van der Waals surface area contributed by atoms with Crippen molar-refractivity contribution in [3.63, 3.8) is 0 Å². The minimum absolute atomic E-state index is 0.0413. The molecule has 3 N–H and O–H groups in total. The summed E-state index contributed by atoms with van der Waals surface area (Å²) >= 11 is 0. The van der Waals surface area contributed by atoms with Crippen LogP contribution in [-0.4, -0.2) is 80.8 Å². The second-order valence-electron chi connectivity index (χ2n) is 14.4. The lowest BCUT2D eigenvalue weighted by molar-refractivity contribution is -0.124. The maximum Gasteiger partial charge on any atom is 0.253 e. The number of likely N-dealkylation sites (N-methyl/N-ethyl adjacent to an activating group) is 1. The highest BCUT2D eigenvalue weighted by Gasteiger charge is 2.47. The molecule has 10 nitrogen and oxygen atoms in total. The average molecular weight is 684 g/mol. The number of amides is 2. The molecule has 1 aromatic heterocycles. The van der Waals surface area contributed by atoms with Crippen LogP contribution in [-0.2, 0) is 26.2 Å². The largest absolute Gasteiger partial charge is 0.383 e. The fraction of sp³-hybridized carbons (Fsp3) is 0.525. The van der Waals surface area contributed by atoms with Gasteiger partial charge in [-0.3, -0.25) is 14.4 Å². The van der Waals surface area contributed by atoms with E-state index in [-0.39, 0.29) is 23.9 Å². The van der Waals surface area contributed by atoms with Crippen molar-refractivity contribution in [1.29, 1.82) is 0 Å². The summed E-state index contributed by atoms with van der Waals surface area (Å²) in [5.41, 5.74) is 7.71. The van der Waals surface area contributed by atoms with E-state index in [0.717, 1.165) is 90.3 Å². The van der Waals surface area contributed by atoms with Gasteiger partial charge in [0.15, 0.2) is 0 Å². The van der Waals surface area contributed by atoms with E-state index in [4.69, 9.17) is 9.47 Å². The van der Waals surface area contributed by atoms with Crippen LogP contribution in [0.3, 0.4) is 0 Å². The highest BCUT2D eigenvalue weighted by atomic mass is 16.5. The summed E-state index contributed by atoms with van der Waals surface area (Å²) in [6.45, 7) is 11.7. The van der Waals surface area contributed by atoms with E-state index in [1.165, 1.54) is 0 Å². The molecule has 1 saturated carbocycles. The molecule has 1 spiro atoms. The highest BCUT2D eigenvalue weighted by Crippen LogP contribution is 2.46. The molecule has 1 saturated heterocycles. The lowest BCUT2D eigenvalue weighted by Crippen LogP contribution is -2.44. The van der Waals surface area contributed by atoms with Crippen molar-refractivity contribution in [1.82, 2.24) is 15.2 Å². The van der Waals surface area contributed by atoms with Crippen LogP contribution in [0.4, 0.5) is 11.4 Å². The fourth-order valence-corrected chi connectivity index (χ4v) is 8.44. The Balaban J connectivity index is 1.34. The topological polar surface area (TPSA) is 116 Å². The standard InChI is InChI=1S/C40H53N5O5/c1-7-45(31-11-9-30(10-12-31)44(5)16-19-49-6)36-23-29(28-8-13-34-35(22-28)43-39(48)40(34)14-17-50-18-15-40)21-32(27(36)4)37(46)41-24-33-25(2)20-26(3)42-38(33)47/h8,13,20-23,30-31H,7,9-12,14-19,24H2,1-6H3,(H,41,46)(H,42,47)(H,43,48). The first kappa shape index (κ1) is 35.8. The van der Waals surface area contributed by atoms with Crippen LogP contribution >= 0.6 is 0 Å². The molecular formula is C40H53N5O5. The number of nitrogens with zero attached hydrogens (tertiary/aromatic N) is 2. The van der Waals surface area contributed by atoms with E-state index in [2.05, 4.69) is 63.7 Å². The molecule has 10 heteroatoms. The maximum atomic E-state index is 14.1. The van der Waals surface area contributed by atoms with Crippen LogP contribution in [0, 0.1) is 20.8 Å². The zero-order chi connectivity index (χ0) is 35.6. The number of aromatic amines is 1. The Morgan fingerprint density at radius 3 is 2.40 bits per heavy atom. The van der Waals surface area contributed by atoms with Gasteiger partial charge >= 0.3 is 0 Å². The van der Waals surface area contributed by atoms with Gasteiger partial charge in [0.2, 0.25) is 5.91 Å². The Labute approximate surface area is 295 Å². The lowest BCUT2D eigenvalue weighted by Gasteiger charge is -2.41. The first-order valence-corrected chi connectivity index (χ1v) is 18.2. The van der Waals surface area contributed by atoms with E-state index >= 15 is 0 Å². The van der Waals surface area contributed by atoms with E-state index in [0.29, 0.717) is 49.3 Å². The minimum Gasteiger partial charge on any atom is -0.383 e. The molecule has 2 aliphatic heterocycles. The first-order valence-electron chi connectivity index (χ1n) is 18.2. The summed E-state index contributed by atoms with van der Waals surface area (Å²) in [5.74, 6) is -0.181. The number of carbonyl (C=O) groups excluding carboxylic acids is 2. The molecule has 3 aromatic rings. The van der Waals surface area contributed by atoms with Gasteiger partial charge in [0.25, 0.3) is 11.5 Å². The number of nitrogens with one attached hydrogen (secondary N) is 3. The number of hydrogen-bond donors (Lipinski definition) is 3. The summed E-state index contributed by atoms with van der Waals surface area (Å²) in [6.07, 6.45) is 5.68. The number of benzene rings is 2. The molecule has 268 valence electrons. The highest BCUT2D eigenvalue weighted by molar-refractivity contribution is 6.07. The Bertz CT molecular complexity index is 1790. The fourth-order valence-electron chi connectivity index (χ4n) is 8.44. The van der Waals surface area contributed by atoms with Crippen molar-refractivity contribution in [3.8, 4) is 11.1 Å². The van der Waals surface area contributed by atoms with Crippen molar-refractivity contribution in [3.05, 3.63) is 80.3 Å². The van der Waals surface area contributed by atoms with Gasteiger partial charge in [-0.1, -0.05) is 12.1 Å². The van der Waals surface area contributed by atoms with Crippen LogP contribution < -0.4 is 21.1 Å². The molecule has 3 heterocycles. The van der Waals surface area contributed by atoms with Gasteiger partial charge in [-0.25, -0.2) is 0 Å². The van der Waals surface area contributed by atoms with Gasteiger partial charge in [-0.15, -0.1) is 0 Å². The minimum atomic E-state index is -0.545. The molecule has 6 rings (SSSR count). The van der Waals surface area contributed by atoms with Crippen molar-refractivity contribution in [2.75, 3.05) is 57.3 Å². The van der Waals surface area contributed by atoms with Gasteiger partial charge in [0, 0.05) is 80.2 Å². The van der Waals surface area contributed by atoms with Gasteiger partial charge in [-0.05, 0) is 125 Å². The summed E-state index contributed by atoms with van der Waals surface area (Å²) in [4.78, 5) is 47.9. The van der Waals surface area contributed by atoms with Gasteiger partial charge < -0.3 is 34.9 Å². The number of H-pyrrole nitrogens is 1. The third-order valence-electron chi connectivity index (χ3n) is 11.5. The molecule has 1 aliphatic carbocycles. The number of pyridine rings is 1. The molecule has 3 aliphatic rings. The second kappa shape index (κ2) is 15.1. The number of ether oxygens (including phenoxy) is 2. The monoisotopic (exact) mass is 683 g/mol. The van der Waals surface area contributed by atoms with Crippen LogP contribution in [0.25, 0.3) is 11.1 Å². The number of rotatable bonds is 11. The van der Waals surface area contributed by atoms with Crippen molar-refractivity contribution >= 4 is 23.2 Å². The molecule has 2 fully saturated rings. The third-order valence-corrected chi connectivity index (χ3v) is 11.5. The number of methoxy groups -OCH3 is 1. The first-order chi connectivity index (χ1) is 24.1. The van der Waals surface area contributed by atoms with Crippen molar-refractivity contribution in [2.45, 2.75) is 90.3 Å². The Morgan fingerprint density at radius 1 is 1.00 bits per heavy atom. The van der Waals surface area contributed by atoms with E-state index in [1.54, 1.807) is 7.11 Å². The Kier molecular flexibility index (Phi) is 10.8. The third kappa shape index (κ3) is 6.98. The SMILES string of the molecule is CCN(c1cc(-c2ccc3c(c2)NC(=O)C32CCOCC2)cc(C(=O)NCc2c(C)cc(C)[nH]c2=O)c1C)C1CCC(N(C)CCOC)CC1. The maximum absolute atomic E-state index is 14.1. The average Bonchev–Trinajstić information content (AvgIpc) is 3.37. The van der Waals surface area contributed by atoms with Gasteiger partial charge in [0.05, 0.1) is 12.0 Å². The zero-order valence-electron chi connectivity index (χ0n) is 30.5. The smallest absolute Gasteiger partial charge is 0.253 e. The molecule has 0 unspecified atom stereocenters. The summed E-state index contributed by atoms with van der Waals surface area (Å²) in [7, 11) is 3.94. The Hall–Kier alpha value is -3.99. The number of hydrogen-bond acceptors (Lipinski definition) is 7. The number of aryl methyl sites for hydroxylation is 2. The zero-order valence-corrected chi connectivity index (χ0v) is 30.5. The van der Waals surface area contributed by atoms with Crippen LogP contribution in [0.15, 0.2) is 41.2 Å². The van der Waals surface area contributed by atoms with E-state index in [9.17, 15) is 14.4 Å². The van der Waals surface area contributed by atoms with Crippen molar-refractivity contribution in [2.24, 2.45) is 0 Å². The summed E-state index contributed by atoms with van der Waals surface area (Å²) in [5, 5.41) is 6.23. The van der Waals surface area contributed by atoms with Crippen LogP contribution in [0.1, 0.15) is 83.8 Å². The van der Waals surface area contributed by atoms with E-state index < -0.39 is 5.41 Å². The van der Waals surface area contributed by atoms with Crippen molar-refractivity contribution < 1.29 is 19.1 Å². The molecule has 50 heavy (non-hydrogen) atoms. The van der Waals surface area contributed by atoms with Crippen LogP contribution in [0.5, 0.6) is 0 Å². The predicted molar refractivity (Wildman–Crippen MR) is 198 cm³/mol. The quantitative estimate of drug-likeness (QED) is 0.241. The number of aromatic nitrogens is 1. The van der Waals surface area contributed by atoms with E-state index in [1.807, 2.05) is 32.9 Å². The molecule has 0 radical (unpaired) electrons. The molecular weight excluding hydrogens is 630 g/mol. The number of carbonyl (C=O) groups is 2. The lowest BCUT2D eigenvalue weighted by atomic mass is 9.75. The number of anilines is 2. The molecule has 0 atom stereocenters. The van der Waals surface area contributed by atoms with Crippen LogP contribution in [0.2, 0.25) is 0 Å². The Morgan fingerprint density at radius 2 is 1.72 bits per heavy atom. The normalized spacial score (nSPS) is 19.8. The summed E-state index contributed by atoms with van der Waals surface area (Å²) < 4.78 is 10.9.